The lowest BCUT2D eigenvalue weighted by Crippen LogP contribution is -3.00. The molecule has 0 atom stereocenters. The molecule has 0 aromatic heterocycles. The minimum Gasteiger partial charge on any atom is -1.00 e. The van der Waals surface area contributed by atoms with E-state index in [0.717, 1.165) is 37.6 Å². The third-order valence-corrected chi connectivity index (χ3v) is 13.1. The number of unbranched alkanes of at least 4 members (excludes halogenated alkanes) is 24. The minimum atomic E-state index is 0. The summed E-state index contributed by atoms with van der Waals surface area (Å²) < 4.78 is 14.6. The average Bonchev–Trinajstić information content (AvgIpc) is 3.24. The molecule has 0 amide bonds. The molecule has 374 valence electrons. The summed E-state index contributed by atoms with van der Waals surface area (Å²) in [5.41, 5.74) is 2.44. The second-order valence-corrected chi connectivity index (χ2v) is 21.0. The van der Waals surface area contributed by atoms with E-state index in [1.807, 2.05) is 0 Å². The molecule has 0 fully saturated rings. The quantitative estimate of drug-likeness (QED) is 0.0494. The molecule has 8 heteroatoms. The molecule has 0 heterocycles. The summed E-state index contributed by atoms with van der Waals surface area (Å²) in [5, 5.41) is 0. The molecule has 0 spiro atoms. The Kier molecular flexibility index (Phi) is 40.1. The third-order valence-electron chi connectivity index (χ3n) is 13.1. The molecule has 2 aromatic rings. The SMILES string of the molecule is CN(C)CCCCCC[N+](C)(C)CCCCCCCCCCCCOc1ccc(-c2ccc(OCCCCCCCCCCCC[N+](C)(C)CCCCCCN(C)C)cc2)cc1.[Br-].[Br-]. The summed E-state index contributed by atoms with van der Waals surface area (Å²) in [6.45, 7) is 9.44. The number of hydrogen-bond acceptors (Lipinski definition) is 4. The fourth-order valence-corrected chi connectivity index (χ4v) is 8.85. The van der Waals surface area contributed by atoms with E-state index in [2.05, 4.69) is 115 Å². The number of rotatable bonds is 43. The lowest BCUT2D eigenvalue weighted by molar-refractivity contribution is -0.890. The van der Waals surface area contributed by atoms with Crippen LogP contribution in [0.15, 0.2) is 48.5 Å². The Balaban J connectivity index is 0.0000198. The monoisotopic (exact) mass is 1020 g/mol. The molecule has 0 saturated carbocycles. The van der Waals surface area contributed by atoms with Gasteiger partial charge in [-0.15, -0.1) is 0 Å². The Morgan fingerprint density at radius 2 is 0.531 bits per heavy atom. The lowest BCUT2D eigenvalue weighted by Gasteiger charge is -2.30. The molecule has 6 nitrogen and oxygen atoms in total. The fraction of sp³-hybridized carbons (Fsp3) is 0.786. The first-order valence-electron chi connectivity index (χ1n) is 26.4. The van der Waals surface area contributed by atoms with Crippen LogP contribution in [0, 0.1) is 0 Å². The maximum absolute atomic E-state index is 6.08. The summed E-state index contributed by atoms with van der Waals surface area (Å²) >= 11 is 0. The largest absolute Gasteiger partial charge is 1.00 e. The fourth-order valence-electron chi connectivity index (χ4n) is 8.85. The van der Waals surface area contributed by atoms with Gasteiger partial charge in [0.1, 0.15) is 11.5 Å². The van der Waals surface area contributed by atoms with Crippen molar-refractivity contribution in [2.75, 3.05) is 109 Å². The molecule has 64 heavy (non-hydrogen) atoms. The summed E-state index contributed by atoms with van der Waals surface area (Å²) in [6, 6.07) is 17.2. The summed E-state index contributed by atoms with van der Waals surface area (Å²) in [6.07, 6.45) is 38.0. The van der Waals surface area contributed by atoms with Gasteiger partial charge in [0, 0.05) is 0 Å². The second kappa shape index (κ2) is 40.9. The van der Waals surface area contributed by atoms with Crippen LogP contribution in [-0.4, -0.2) is 128 Å². The van der Waals surface area contributed by atoms with E-state index >= 15 is 0 Å². The van der Waals surface area contributed by atoms with Crippen LogP contribution in [-0.2, 0) is 0 Å². The van der Waals surface area contributed by atoms with E-state index in [9.17, 15) is 0 Å². The zero-order valence-electron chi connectivity index (χ0n) is 43.4. The van der Waals surface area contributed by atoms with Crippen molar-refractivity contribution in [3.05, 3.63) is 48.5 Å². The number of quaternary nitrogens is 2. The number of halogens is 2. The van der Waals surface area contributed by atoms with E-state index in [1.165, 1.54) is 226 Å². The van der Waals surface area contributed by atoms with Crippen LogP contribution in [0.2, 0.25) is 0 Å². The molecule has 0 saturated heterocycles. The summed E-state index contributed by atoms with van der Waals surface area (Å²) in [5.74, 6) is 1.95. The van der Waals surface area contributed by atoms with Crippen molar-refractivity contribution in [3.63, 3.8) is 0 Å². The van der Waals surface area contributed by atoms with Gasteiger partial charge in [-0.25, -0.2) is 0 Å². The summed E-state index contributed by atoms with van der Waals surface area (Å²) in [7, 11) is 18.4. The van der Waals surface area contributed by atoms with Crippen molar-refractivity contribution in [3.8, 4) is 22.6 Å². The molecule has 0 N–H and O–H groups in total. The molecule has 0 aliphatic carbocycles. The molecule has 0 unspecified atom stereocenters. The molecule has 0 aliphatic heterocycles. The van der Waals surface area contributed by atoms with Crippen LogP contribution in [0.3, 0.4) is 0 Å². The highest BCUT2D eigenvalue weighted by molar-refractivity contribution is 5.64. The van der Waals surface area contributed by atoms with Gasteiger partial charge in [0.05, 0.1) is 67.6 Å². The predicted octanol–water partition coefficient (Wildman–Crippen LogP) is 8.32. The highest BCUT2D eigenvalue weighted by Gasteiger charge is 2.15. The Bertz CT molecular complexity index is 1190. The molecular weight excluding hydrogens is 920 g/mol. The van der Waals surface area contributed by atoms with Crippen LogP contribution >= 0.6 is 0 Å². The van der Waals surface area contributed by atoms with E-state index in [-0.39, 0.29) is 34.0 Å². The second-order valence-electron chi connectivity index (χ2n) is 21.0. The summed E-state index contributed by atoms with van der Waals surface area (Å²) in [4.78, 5) is 4.60. The van der Waals surface area contributed by atoms with Gasteiger partial charge in [0.2, 0.25) is 0 Å². The van der Waals surface area contributed by atoms with Gasteiger partial charge in [-0.2, -0.15) is 0 Å². The van der Waals surface area contributed by atoms with Crippen molar-refractivity contribution in [1.82, 2.24) is 9.80 Å². The van der Waals surface area contributed by atoms with Crippen molar-refractivity contribution >= 4 is 0 Å². The smallest absolute Gasteiger partial charge is 0.119 e. The molecule has 2 aromatic carbocycles. The van der Waals surface area contributed by atoms with Gasteiger partial charge in [-0.1, -0.05) is 127 Å². The first-order chi connectivity index (χ1) is 30.0. The zero-order valence-corrected chi connectivity index (χ0v) is 46.6. The van der Waals surface area contributed by atoms with E-state index < -0.39 is 0 Å². The molecule has 0 bridgehead atoms. The van der Waals surface area contributed by atoms with Crippen molar-refractivity contribution in [2.45, 2.75) is 180 Å². The minimum absolute atomic E-state index is 0. The van der Waals surface area contributed by atoms with Gasteiger partial charge < -0.3 is 62.2 Å². The molecule has 0 radical (unpaired) electrons. The molecule has 2 rings (SSSR count). The van der Waals surface area contributed by atoms with Gasteiger partial charge in [0.15, 0.2) is 0 Å². The number of benzene rings is 2. The van der Waals surface area contributed by atoms with Crippen molar-refractivity contribution < 1.29 is 52.4 Å². The topological polar surface area (TPSA) is 24.9 Å². The Hall–Kier alpha value is -1.16. The third kappa shape index (κ3) is 36.9. The van der Waals surface area contributed by atoms with E-state index in [4.69, 9.17) is 9.47 Å². The van der Waals surface area contributed by atoms with Gasteiger partial charge in [0.25, 0.3) is 0 Å². The van der Waals surface area contributed by atoms with Gasteiger partial charge in [-0.05, 0) is 154 Å². The van der Waals surface area contributed by atoms with E-state index in [0.29, 0.717) is 0 Å². The first kappa shape index (κ1) is 62.8. The Morgan fingerprint density at radius 1 is 0.312 bits per heavy atom. The van der Waals surface area contributed by atoms with Crippen LogP contribution in [0.1, 0.15) is 180 Å². The standard InChI is InChI=1S/C56H104N4O2.2BrH/c1-57(2)45-29-21-25-33-49-59(5,6)47-31-23-17-13-9-11-15-19-27-35-51-61-55-41-37-53(38-42-55)54-39-43-56(44-40-54)62-52-36-28-20-16-12-10-14-18-24-32-48-60(7,8)50-34-26-22-30-46-58(3)4;;/h37-44H,9-36,45-52H2,1-8H3;2*1H/q+2;;/p-2. The highest BCUT2D eigenvalue weighted by Crippen LogP contribution is 2.25. The molecular formula is C56H104Br2N4O2. The number of ether oxygens (including phenoxy) is 2. The zero-order chi connectivity index (χ0) is 45.0. The maximum atomic E-state index is 6.08. The van der Waals surface area contributed by atoms with Crippen LogP contribution in [0.5, 0.6) is 11.5 Å². The average molecular weight is 1030 g/mol. The molecule has 0 aliphatic rings. The Morgan fingerprint density at radius 3 is 0.781 bits per heavy atom. The van der Waals surface area contributed by atoms with Crippen molar-refractivity contribution in [1.29, 1.82) is 0 Å². The highest BCUT2D eigenvalue weighted by atomic mass is 79.9. The maximum Gasteiger partial charge on any atom is 0.119 e. The number of hydrogen-bond donors (Lipinski definition) is 0. The Labute approximate surface area is 419 Å². The van der Waals surface area contributed by atoms with Gasteiger partial charge in [-0.3, -0.25) is 0 Å². The predicted molar refractivity (Wildman–Crippen MR) is 273 cm³/mol. The normalized spacial score (nSPS) is 11.8. The van der Waals surface area contributed by atoms with E-state index in [1.54, 1.807) is 0 Å². The van der Waals surface area contributed by atoms with Crippen LogP contribution < -0.4 is 43.4 Å². The van der Waals surface area contributed by atoms with Crippen molar-refractivity contribution in [2.24, 2.45) is 0 Å². The van der Waals surface area contributed by atoms with Gasteiger partial charge >= 0.3 is 0 Å². The first-order valence-corrected chi connectivity index (χ1v) is 26.4. The number of nitrogens with zero attached hydrogens (tertiary/aromatic N) is 4. The lowest BCUT2D eigenvalue weighted by atomic mass is 10.1. The van der Waals surface area contributed by atoms with Crippen LogP contribution in [0.25, 0.3) is 11.1 Å². The van der Waals surface area contributed by atoms with Crippen LogP contribution in [0.4, 0.5) is 0 Å².